The standard InChI is InChI=1S/C38H72NO10P/c1-3-5-7-9-11-13-15-16-17-18-20-22-24-26-28-30-37(41)49-34(32-47-50(44,45)48-33-35(39)38(42)43)31-46-36(40)29-27-25-23-21-19-14-12-10-8-6-4-2/h16-17,34-35H,3-15,18-33,39H2,1-2H3,(H,42,43)(H,44,45). The maximum atomic E-state index is 12.6. The van der Waals surface area contributed by atoms with Crippen molar-refractivity contribution < 1.29 is 47.5 Å². The van der Waals surface area contributed by atoms with Crippen LogP contribution >= 0.6 is 7.82 Å². The van der Waals surface area contributed by atoms with Gasteiger partial charge in [0.2, 0.25) is 0 Å². The molecule has 12 heteroatoms. The molecule has 0 saturated heterocycles. The van der Waals surface area contributed by atoms with Crippen LogP contribution in [0.5, 0.6) is 0 Å². The predicted molar refractivity (Wildman–Crippen MR) is 199 cm³/mol. The van der Waals surface area contributed by atoms with E-state index in [0.717, 1.165) is 57.8 Å². The summed E-state index contributed by atoms with van der Waals surface area (Å²) in [4.78, 5) is 45.7. The van der Waals surface area contributed by atoms with Crippen molar-refractivity contribution in [1.29, 1.82) is 0 Å². The fourth-order valence-electron chi connectivity index (χ4n) is 5.35. The van der Waals surface area contributed by atoms with Gasteiger partial charge in [0.25, 0.3) is 0 Å². The maximum absolute atomic E-state index is 12.6. The van der Waals surface area contributed by atoms with Crippen LogP contribution in [0.1, 0.15) is 181 Å². The molecular weight excluding hydrogens is 661 g/mol. The Morgan fingerprint density at radius 1 is 0.600 bits per heavy atom. The summed E-state index contributed by atoms with van der Waals surface area (Å²) in [5.74, 6) is -2.38. The third kappa shape index (κ3) is 33.4. The number of carboxylic acids is 1. The Kier molecular flexibility index (Phi) is 33.1. The van der Waals surface area contributed by atoms with Crippen molar-refractivity contribution in [2.75, 3.05) is 19.8 Å². The number of esters is 2. The first-order chi connectivity index (χ1) is 24.1. The van der Waals surface area contributed by atoms with Gasteiger partial charge in [-0.2, -0.15) is 0 Å². The van der Waals surface area contributed by atoms with Crippen molar-refractivity contribution in [3.8, 4) is 0 Å². The number of nitrogens with two attached hydrogens (primary N) is 1. The molecule has 11 nitrogen and oxygen atoms in total. The van der Waals surface area contributed by atoms with Crippen molar-refractivity contribution in [1.82, 2.24) is 0 Å². The summed E-state index contributed by atoms with van der Waals surface area (Å²) in [5, 5.41) is 8.86. The van der Waals surface area contributed by atoms with Gasteiger partial charge in [0.05, 0.1) is 13.2 Å². The van der Waals surface area contributed by atoms with E-state index in [4.69, 9.17) is 24.8 Å². The fraction of sp³-hybridized carbons (Fsp3) is 0.868. The molecule has 0 heterocycles. The van der Waals surface area contributed by atoms with Crippen LogP contribution in [0.25, 0.3) is 0 Å². The van der Waals surface area contributed by atoms with Crippen LogP contribution in [-0.4, -0.2) is 59.9 Å². The number of carbonyl (C=O) groups excluding carboxylic acids is 2. The maximum Gasteiger partial charge on any atom is 0.472 e. The molecular formula is C38H72NO10P. The smallest absolute Gasteiger partial charge is 0.472 e. The van der Waals surface area contributed by atoms with Gasteiger partial charge in [0, 0.05) is 12.8 Å². The van der Waals surface area contributed by atoms with Crippen LogP contribution in [0.3, 0.4) is 0 Å². The highest BCUT2D eigenvalue weighted by Crippen LogP contribution is 2.43. The van der Waals surface area contributed by atoms with Crippen molar-refractivity contribution >= 4 is 25.7 Å². The third-order valence-electron chi connectivity index (χ3n) is 8.51. The summed E-state index contributed by atoms with van der Waals surface area (Å²) in [6.45, 7) is 2.77. The summed E-state index contributed by atoms with van der Waals surface area (Å²) in [6, 6.07) is -1.52. The number of carboxylic acid groups (broad SMARTS) is 1. The zero-order valence-electron chi connectivity index (χ0n) is 31.5. The lowest BCUT2D eigenvalue weighted by Gasteiger charge is -2.20. The molecule has 0 aliphatic heterocycles. The molecule has 0 aliphatic carbocycles. The summed E-state index contributed by atoms with van der Waals surface area (Å²) < 4.78 is 32.6. The molecule has 0 saturated carbocycles. The molecule has 0 rings (SSSR count). The summed E-state index contributed by atoms with van der Waals surface area (Å²) >= 11 is 0. The number of ether oxygens (including phenoxy) is 2. The highest BCUT2D eigenvalue weighted by atomic mass is 31.2. The number of phosphoric acid groups is 1. The lowest BCUT2D eigenvalue weighted by molar-refractivity contribution is -0.161. The summed E-state index contributed by atoms with van der Waals surface area (Å²) in [5.41, 5.74) is 5.31. The van der Waals surface area contributed by atoms with Crippen LogP contribution in [0.4, 0.5) is 0 Å². The Morgan fingerprint density at radius 3 is 1.46 bits per heavy atom. The van der Waals surface area contributed by atoms with Crippen LogP contribution in [0.2, 0.25) is 0 Å². The second-order valence-corrected chi connectivity index (χ2v) is 14.9. The minimum absolute atomic E-state index is 0.155. The van der Waals surface area contributed by atoms with Crippen molar-refractivity contribution in [3.05, 3.63) is 12.2 Å². The van der Waals surface area contributed by atoms with E-state index in [2.05, 4.69) is 30.5 Å². The molecule has 0 aromatic heterocycles. The van der Waals surface area contributed by atoms with E-state index in [1.807, 2.05) is 0 Å². The van der Waals surface area contributed by atoms with E-state index in [9.17, 15) is 23.8 Å². The van der Waals surface area contributed by atoms with Crippen molar-refractivity contribution in [2.24, 2.45) is 5.73 Å². The number of unbranched alkanes of at least 4 members (excludes halogenated alkanes) is 21. The molecule has 0 bridgehead atoms. The van der Waals surface area contributed by atoms with Gasteiger partial charge < -0.3 is 25.2 Å². The van der Waals surface area contributed by atoms with Gasteiger partial charge in [-0.15, -0.1) is 0 Å². The number of aliphatic carboxylic acids is 1. The minimum Gasteiger partial charge on any atom is -0.480 e. The van der Waals surface area contributed by atoms with Gasteiger partial charge in [0.15, 0.2) is 6.10 Å². The molecule has 0 aliphatic rings. The molecule has 0 radical (unpaired) electrons. The Morgan fingerprint density at radius 2 is 1.00 bits per heavy atom. The molecule has 0 spiro atoms. The molecule has 4 N–H and O–H groups in total. The van der Waals surface area contributed by atoms with Crippen molar-refractivity contribution in [2.45, 2.75) is 193 Å². The van der Waals surface area contributed by atoms with Gasteiger partial charge in [-0.25, -0.2) is 4.57 Å². The van der Waals surface area contributed by atoms with E-state index >= 15 is 0 Å². The Balaban J connectivity index is 4.42. The first kappa shape index (κ1) is 48.2. The monoisotopic (exact) mass is 733 g/mol. The molecule has 3 unspecified atom stereocenters. The Labute approximate surface area is 303 Å². The number of allylic oxidation sites excluding steroid dienone is 2. The predicted octanol–water partition coefficient (Wildman–Crippen LogP) is 9.73. The van der Waals surface area contributed by atoms with E-state index in [1.165, 1.54) is 83.5 Å². The third-order valence-corrected chi connectivity index (χ3v) is 9.46. The average Bonchev–Trinajstić information content (AvgIpc) is 3.09. The highest BCUT2D eigenvalue weighted by Gasteiger charge is 2.28. The van der Waals surface area contributed by atoms with Gasteiger partial charge >= 0.3 is 25.7 Å². The van der Waals surface area contributed by atoms with E-state index < -0.39 is 51.1 Å². The molecule has 0 amide bonds. The molecule has 294 valence electrons. The summed E-state index contributed by atoms with van der Waals surface area (Å²) in [7, 11) is -4.71. The van der Waals surface area contributed by atoms with E-state index in [-0.39, 0.29) is 19.4 Å². The number of phosphoric ester groups is 1. The molecule has 50 heavy (non-hydrogen) atoms. The lowest BCUT2D eigenvalue weighted by Crippen LogP contribution is -2.34. The first-order valence-electron chi connectivity index (χ1n) is 19.7. The quantitative estimate of drug-likeness (QED) is 0.0240. The fourth-order valence-corrected chi connectivity index (χ4v) is 6.13. The first-order valence-corrected chi connectivity index (χ1v) is 21.2. The number of hydrogen-bond acceptors (Lipinski definition) is 9. The molecule has 0 aromatic carbocycles. The van der Waals surface area contributed by atoms with E-state index in [1.54, 1.807) is 0 Å². The number of carbonyl (C=O) groups is 3. The second kappa shape index (κ2) is 34.3. The van der Waals surface area contributed by atoms with Gasteiger partial charge in [-0.05, 0) is 38.5 Å². The molecule has 0 aromatic rings. The normalized spacial score (nSPS) is 14.0. The summed E-state index contributed by atoms with van der Waals surface area (Å²) in [6.07, 6.45) is 31.4. The van der Waals surface area contributed by atoms with Gasteiger partial charge in [0.1, 0.15) is 12.6 Å². The van der Waals surface area contributed by atoms with Gasteiger partial charge in [-0.1, -0.05) is 142 Å². The molecule has 3 atom stereocenters. The van der Waals surface area contributed by atoms with E-state index in [0.29, 0.717) is 12.8 Å². The van der Waals surface area contributed by atoms with Crippen LogP contribution in [0.15, 0.2) is 12.2 Å². The van der Waals surface area contributed by atoms with Crippen LogP contribution < -0.4 is 5.73 Å². The Hall–Kier alpha value is -1.78. The SMILES string of the molecule is CCCCCCCCC=CCCCCCCCC(=O)OC(COC(=O)CCCCCCCCCCCCC)COP(=O)(O)OCC(N)C(=O)O. The zero-order valence-corrected chi connectivity index (χ0v) is 32.4. The van der Waals surface area contributed by atoms with Crippen LogP contribution in [0, 0.1) is 0 Å². The number of hydrogen-bond donors (Lipinski definition) is 3. The second-order valence-electron chi connectivity index (χ2n) is 13.4. The topological polar surface area (TPSA) is 172 Å². The number of rotatable bonds is 37. The molecule has 0 fully saturated rings. The minimum atomic E-state index is -4.71. The largest absolute Gasteiger partial charge is 0.480 e. The zero-order chi connectivity index (χ0) is 37.1. The van der Waals surface area contributed by atoms with Crippen LogP contribution in [-0.2, 0) is 37.5 Å². The van der Waals surface area contributed by atoms with Crippen molar-refractivity contribution in [3.63, 3.8) is 0 Å². The Bertz CT molecular complexity index is 916. The lowest BCUT2D eigenvalue weighted by atomic mass is 10.1. The highest BCUT2D eigenvalue weighted by molar-refractivity contribution is 7.47. The van der Waals surface area contributed by atoms with Gasteiger partial charge in [-0.3, -0.25) is 23.4 Å². The average molecular weight is 734 g/mol.